The minimum absolute atomic E-state index is 0.638. The van der Waals surface area contributed by atoms with Crippen molar-refractivity contribution in [1.82, 2.24) is 4.98 Å². The number of fused-ring (bicyclic) bond motifs is 2. The number of halogens is 1. The van der Waals surface area contributed by atoms with Crippen LogP contribution in [-0.4, -0.2) is 19.1 Å². The maximum Gasteiger partial charge on any atom is 0.241 e. The average molecular weight is 426 g/mol. The second-order valence-corrected chi connectivity index (χ2v) is 8.07. The van der Waals surface area contributed by atoms with E-state index < -0.39 is 0 Å². The number of anilines is 3. The van der Waals surface area contributed by atoms with E-state index in [1.54, 1.807) is 0 Å². The van der Waals surface area contributed by atoms with E-state index in [1.165, 1.54) is 0 Å². The molecule has 0 saturated carbocycles. The van der Waals surface area contributed by atoms with Crippen LogP contribution in [-0.2, 0) is 0 Å². The Kier molecular flexibility index (Phi) is 4.92. The van der Waals surface area contributed by atoms with Crippen molar-refractivity contribution in [2.24, 2.45) is 0 Å². The minimum atomic E-state index is 0.638. The van der Waals surface area contributed by atoms with Gasteiger partial charge in [-0.3, -0.25) is 0 Å². The van der Waals surface area contributed by atoms with Gasteiger partial charge in [0, 0.05) is 55.4 Å². The van der Waals surface area contributed by atoms with E-state index in [-0.39, 0.29) is 0 Å². The van der Waals surface area contributed by atoms with Crippen LogP contribution in [0.15, 0.2) is 91.0 Å². The number of benzene rings is 4. The Morgan fingerprint density at radius 2 is 1.48 bits per heavy atom. The van der Waals surface area contributed by atoms with E-state index in [0.717, 1.165) is 44.8 Å². The van der Waals surface area contributed by atoms with Crippen LogP contribution in [0.25, 0.3) is 27.8 Å². The van der Waals surface area contributed by atoms with Crippen molar-refractivity contribution in [3.05, 3.63) is 96.0 Å². The molecule has 0 aliphatic heterocycles. The Balaban J connectivity index is 1.82. The van der Waals surface area contributed by atoms with Crippen molar-refractivity contribution in [3.8, 4) is 5.69 Å². The highest BCUT2D eigenvalue weighted by Gasteiger charge is 2.22. The fraction of sp³-hybridized carbons (Fsp3) is 0.0769. The number of hydrogen-bond acceptors (Lipinski definition) is 3. The van der Waals surface area contributed by atoms with Crippen LogP contribution < -0.4 is 14.8 Å². The van der Waals surface area contributed by atoms with Gasteiger partial charge in [-0.05, 0) is 30.3 Å². The van der Waals surface area contributed by atoms with Gasteiger partial charge < -0.3 is 10.2 Å². The fourth-order valence-corrected chi connectivity index (χ4v) is 4.03. The molecule has 5 rings (SSSR count). The van der Waals surface area contributed by atoms with Gasteiger partial charge in [0.2, 0.25) is 16.7 Å². The van der Waals surface area contributed by atoms with Gasteiger partial charge in [0.1, 0.15) is 5.52 Å². The second kappa shape index (κ2) is 7.89. The molecule has 0 saturated heterocycles. The summed E-state index contributed by atoms with van der Waals surface area (Å²) in [6.45, 7) is 0. The van der Waals surface area contributed by atoms with Crippen LogP contribution in [0.4, 0.5) is 17.1 Å². The molecule has 0 fully saturated rings. The third-order valence-electron chi connectivity index (χ3n) is 5.31. The molecule has 4 aromatic carbocycles. The lowest BCUT2D eigenvalue weighted by atomic mass is 10.1. The van der Waals surface area contributed by atoms with Gasteiger partial charge in [0.05, 0.1) is 5.02 Å². The topological polar surface area (TPSA) is 32.0 Å². The van der Waals surface area contributed by atoms with Crippen molar-refractivity contribution in [3.63, 3.8) is 0 Å². The molecule has 0 aliphatic carbocycles. The first-order valence-corrected chi connectivity index (χ1v) is 10.5. The third kappa shape index (κ3) is 3.66. The molecule has 0 atom stereocenters. The molecule has 1 N–H and O–H groups in total. The van der Waals surface area contributed by atoms with Crippen molar-refractivity contribution in [1.29, 1.82) is 0 Å². The highest BCUT2D eigenvalue weighted by Crippen LogP contribution is 2.30. The summed E-state index contributed by atoms with van der Waals surface area (Å²) >= 11 is 6.69. The molecular weight excluding hydrogens is 404 g/mol. The summed E-state index contributed by atoms with van der Waals surface area (Å²) in [4.78, 5) is 6.97. The Bertz CT molecular complexity index is 1380. The van der Waals surface area contributed by atoms with Gasteiger partial charge in [-0.25, -0.2) is 4.98 Å². The molecule has 0 unspecified atom stereocenters. The lowest BCUT2D eigenvalue weighted by Gasteiger charge is -2.14. The summed E-state index contributed by atoms with van der Waals surface area (Å²) in [5, 5.41) is 4.13. The molecule has 4 nitrogen and oxygen atoms in total. The number of nitrogens with zero attached hydrogens (tertiary/aromatic N) is 3. The van der Waals surface area contributed by atoms with Crippen molar-refractivity contribution < 1.29 is 4.57 Å². The molecule has 31 heavy (non-hydrogen) atoms. The molecule has 5 heteroatoms. The standard InChI is InChI=1S/C26H21ClN4/c1-30(2)21-16-22(27)26-25(17-21)31(20-11-7-4-8-12-20)24-15-19(13-14-23(24)29-26)28-18-9-5-3-6-10-18/h3-17H,1-2H3/p+1. The molecule has 0 bridgehead atoms. The number of hydrogen-bond donors (Lipinski definition) is 1. The Morgan fingerprint density at radius 1 is 0.774 bits per heavy atom. The summed E-state index contributed by atoms with van der Waals surface area (Å²) in [5.41, 5.74) is 7.77. The number of rotatable bonds is 4. The van der Waals surface area contributed by atoms with Gasteiger partial charge in [-0.2, -0.15) is 0 Å². The van der Waals surface area contributed by atoms with E-state index in [2.05, 4.69) is 51.2 Å². The molecule has 0 spiro atoms. The average Bonchev–Trinajstić information content (AvgIpc) is 2.79. The van der Waals surface area contributed by atoms with Gasteiger partial charge in [-0.15, -0.1) is 4.57 Å². The van der Waals surface area contributed by atoms with Crippen LogP contribution >= 0.6 is 11.6 Å². The van der Waals surface area contributed by atoms with E-state index in [0.29, 0.717) is 5.02 Å². The van der Waals surface area contributed by atoms with Crippen molar-refractivity contribution in [2.75, 3.05) is 24.3 Å². The molecular formula is C26H22ClN4+. The Labute approximate surface area is 186 Å². The van der Waals surface area contributed by atoms with Gasteiger partial charge >= 0.3 is 0 Å². The SMILES string of the molecule is CN(C)c1cc(Cl)c2nc3ccc(Nc4ccccc4)cc3[n+](-c3ccccc3)c2c1. The molecule has 0 amide bonds. The number of nitrogens with one attached hydrogen (secondary N) is 1. The maximum atomic E-state index is 6.69. The summed E-state index contributed by atoms with van der Waals surface area (Å²) in [7, 11) is 4.03. The predicted molar refractivity (Wildman–Crippen MR) is 130 cm³/mol. The summed E-state index contributed by atoms with van der Waals surface area (Å²) in [5.74, 6) is 0. The van der Waals surface area contributed by atoms with E-state index >= 15 is 0 Å². The summed E-state index contributed by atoms with van der Waals surface area (Å²) in [6, 6.07) is 30.8. The lowest BCUT2D eigenvalue weighted by Crippen LogP contribution is -2.33. The first kappa shape index (κ1) is 19.3. The largest absolute Gasteiger partial charge is 0.377 e. The molecule has 1 heterocycles. The molecule has 0 aliphatic rings. The molecule has 0 radical (unpaired) electrons. The zero-order valence-corrected chi connectivity index (χ0v) is 18.1. The lowest BCUT2D eigenvalue weighted by molar-refractivity contribution is -0.538. The van der Waals surface area contributed by atoms with E-state index in [9.17, 15) is 0 Å². The van der Waals surface area contributed by atoms with Gasteiger partial charge in [0.25, 0.3) is 0 Å². The van der Waals surface area contributed by atoms with E-state index in [4.69, 9.17) is 16.6 Å². The minimum Gasteiger partial charge on any atom is -0.377 e. The maximum absolute atomic E-state index is 6.69. The molecule has 1 aromatic heterocycles. The van der Waals surface area contributed by atoms with Crippen molar-refractivity contribution >= 4 is 50.7 Å². The van der Waals surface area contributed by atoms with Crippen LogP contribution in [0.1, 0.15) is 0 Å². The molecule has 5 aromatic rings. The first-order chi connectivity index (χ1) is 15.1. The highest BCUT2D eigenvalue weighted by molar-refractivity contribution is 6.35. The highest BCUT2D eigenvalue weighted by atomic mass is 35.5. The van der Waals surface area contributed by atoms with E-state index in [1.807, 2.05) is 68.7 Å². The zero-order valence-electron chi connectivity index (χ0n) is 17.4. The summed E-state index contributed by atoms with van der Waals surface area (Å²) in [6.07, 6.45) is 0. The first-order valence-electron chi connectivity index (χ1n) is 10.1. The normalized spacial score (nSPS) is 11.1. The monoisotopic (exact) mass is 425 g/mol. The Morgan fingerprint density at radius 3 is 2.19 bits per heavy atom. The van der Waals surface area contributed by atoms with Crippen LogP contribution in [0.3, 0.4) is 0 Å². The zero-order chi connectivity index (χ0) is 21.4. The van der Waals surface area contributed by atoms with Crippen molar-refractivity contribution in [2.45, 2.75) is 0 Å². The predicted octanol–water partition coefficient (Wildman–Crippen LogP) is 6.13. The number of para-hydroxylation sites is 2. The fourth-order valence-electron chi connectivity index (χ4n) is 3.78. The van der Waals surface area contributed by atoms with Crippen LogP contribution in [0.5, 0.6) is 0 Å². The second-order valence-electron chi connectivity index (χ2n) is 7.67. The van der Waals surface area contributed by atoms with Gasteiger partial charge in [0.15, 0.2) is 5.52 Å². The van der Waals surface area contributed by atoms with Gasteiger partial charge in [-0.1, -0.05) is 48.0 Å². The van der Waals surface area contributed by atoms with Crippen LogP contribution in [0.2, 0.25) is 5.02 Å². The van der Waals surface area contributed by atoms with Crippen LogP contribution in [0, 0.1) is 0 Å². The quantitative estimate of drug-likeness (QED) is 0.278. The third-order valence-corrected chi connectivity index (χ3v) is 5.60. The number of aromatic nitrogens is 2. The summed E-state index contributed by atoms with van der Waals surface area (Å²) < 4.78 is 2.23. The smallest absolute Gasteiger partial charge is 0.241 e. The molecule has 152 valence electrons. The Hall–Kier alpha value is -3.63.